The standard InChI is InChI=1S/C11H22N2O4Si/c1-4-16-18(3,17-5-2)8-6-7-13-9-12-10(14)11(13)15/h9,14-15H,4-8H2,1-3H3. The predicted octanol–water partition coefficient (Wildman–Crippen LogP) is 1.83. The molecule has 1 aromatic rings. The van der Waals surface area contributed by atoms with Gasteiger partial charge in [-0.05, 0) is 32.9 Å². The molecule has 0 aliphatic carbocycles. The molecule has 0 radical (unpaired) electrons. The summed E-state index contributed by atoms with van der Waals surface area (Å²) in [6, 6.07) is 0.840. The molecule has 0 unspecified atom stereocenters. The molecule has 104 valence electrons. The van der Waals surface area contributed by atoms with Crippen molar-refractivity contribution in [1.29, 1.82) is 0 Å². The van der Waals surface area contributed by atoms with E-state index in [1.807, 2.05) is 20.4 Å². The predicted molar refractivity (Wildman–Crippen MR) is 69.9 cm³/mol. The number of aryl methyl sites for hydroxylation is 1. The van der Waals surface area contributed by atoms with Crippen LogP contribution in [0.15, 0.2) is 6.33 Å². The van der Waals surface area contributed by atoms with Gasteiger partial charge in [0.2, 0.25) is 0 Å². The Labute approximate surface area is 108 Å². The zero-order valence-corrected chi connectivity index (χ0v) is 12.2. The number of hydrogen-bond donors (Lipinski definition) is 2. The summed E-state index contributed by atoms with van der Waals surface area (Å²) >= 11 is 0. The monoisotopic (exact) mass is 274 g/mol. The Morgan fingerprint density at radius 2 is 1.89 bits per heavy atom. The van der Waals surface area contributed by atoms with Crippen LogP contribution < -0.4 is 0 Å². The first-order chi connectivity index (χ1) is 8.52. The quantitative estimate of drug-likeness (QED) is 0.707. The van der Waals surface area contributed by atoms with Crippen LogP contribution in [-0.4, -0.2) is 41.5 Å². The molecule has 0 saturated carbocycles. The fourth-order valence-corrected chi connectivity index (χ4v) is 4.29. The Morgan fingerprint density at radius 3 is 2.33 bits per heavy atom. The summed E-state index contributed by atoms with van der Waals surface area (Å²) in [4.78, 5) is 3.62. The molecular formula is C11H22N2O4Si. The Balaban J connectivity index is 2.46. The Kier molecular flexibility index (Phi) is 5.64. The average Bonchev–Trinajstić information content (AvgIpc) is 2.61. The van der Waals surface area contributed by atoms with E-state index in [1.54, 1.807) is 0 Å². The fraction of sp³-hybridized carbons (Fsp3) is 0.727. The zero-order valence-electron chi connectivity index (χ0n) is 11.2. The Bertz CT molecular complexity index is 364. The van der Waals surface area contributed by atoms with Crippen molar-refractivity contribution in [2.75, 3.05) is 13.2 Å². The van der Waals surface area contributed by atoms with Crippen LogP contribution in [0.25, 0.3) is 0 Å². The van der Waals surface area contributed by atoms with Crippen molar-refractivity contribution < 1.29 is 19.1 Å². The van der Waals surface area contributed by atoms with Gasteiger partial charge in [0.25, 0.3) is 11.8 Å². The highest BCUT2D eigenvalue weighted by atomic mass is 28.4. The summed E-state index contributed by atoms with van der Waals surface area (Å²) in [7, 11) is -2.09. The van der Waals surface area contributed by atoms with Crippen molar-refractivity contribution in [1.82, 2.24) is 9.55 Å². The minimum absolute atomic E-state index is 0.189. The average molecular weight is 274 g/mol. The van der Waals surface area contributed by atoms with Gasteiger partial charge in [-0.1, -0.05) is 0 Å². The summed E-state index contributed by atoms with van der Waals surface area (Å²) in [5.41, 5.74) is 0. The van der Waals surface area contributed by atoms with Crippen LogP contribution in [0.1, 0.15) is 20.3 Å². The molecule has 0 amide bonds. The van der Waals surface area contributed by atoms with E-state index in [0.717, 1.165) is 12.5 Å². The van der Waals surface area contributed by atoms with Gasteiger partial charge in [-0.15, -0.1) is 0 Å². The summed E-state index contributed by atoms with van der Waals surface area (Å²) in [6.45, 7) is 7.86. The third kappa shape index (κ3) is 4.00. The molecule has 7 heteroatoms. The lowest BCUT2D eigenvalue weighted by molar-refractivity contribution is 0.187. The largest absolute Gasteiger partial charge is 0.491 e. The van der Waals surface area contributed by atoms with Gasteiger partial charge >= 0.3 is 8.56 Å². The highest BCUT2D eigenvalue weighted by Gasteiger charge is 2.30. The van der Waals surface area contributed by atoms with Crippen LogP contribution in [0.5, 0.6) is 11.8 Å². The first kappa shape index (κ1) is 15.0. The molecule has 0 aromatic carbocycles. The van der Waals surface area contributed by atoms with Crippen molar-refractivity contribution in [3.63, 3.8) is 0 Å². The number of nitrogens with zero attached hydrogens (tertiary/aromatic N) is 2. The molecule has 1 rings (SSSR count). The van der Waals surface area contributed by atoms with Crippen LogP contribution >= 0.6 is 0 Å². The molecule has 0 atom stereocenters. The molecule has 0 bridgehead atoms. The van der Waals surface area contributed by atoms with E-state index in [0.29, 0.717) is 19.8 Å². The van der Waals surface area contributed by atoms with Crippen LogP contribution in [0, 0.1) is 0 Å². The van der Waals surface area contributed by atoms with Crippen LogP contribution in [0.4, 0.5) is 0 Å². The normalized spacial score (nSPS) is 11.9. The lowest BCUT2D eigenvalue weighted by Gasteiger charge is -2.25. The molecule has 1 aromatic heterocycles. The number of aromatic hydroxyl groups is 2. The second kappa shape index (κ2) is 6.77. The van der Waals surface area contributed by atoms with Crippen molar-refractivity contribution in [2.24, 2.45) is 0 Å². The number of aromatic nitrogens is 2. The summed E-state index contributed by atoms with van der Waals surface area (Å²) < 4.78 is 13.0. The zero-order chi connectivity index (χ0) is 13.6. The van der Waals surface area contributed by atoms with Gasteiger partial charge in [0, 0.05) is 19.8 Å². The van der Waals surface area contributed by atoms with Gasteiger partial charge in [0.15, 0.2) is 0 Å². The highest BCUT2D eigenvalue weighted by molar-refractivity contribution is 6.66. The molecule has 18 heavy (non-hydrogen) atoms. The van der Waals surface area contributed by atoms with E-state index in [-0.39, 0.29) is 11.8 Å². The lowest BCUT2D eigenvalue weighted by atomic mass is 10.5. The molecule has 0 aliphatic heterocycles. The van der Waals surface area contributed by atoms with E-state index in [9.17, 15) is 5.11 Å². The maximum Gasteiger partial charge on any atom is 0.334 e. The van der Waals surface area contributed by atoms with Crippen molar-refractivity contribution >= 4 is 8.56 Å². The molecule has 1 heterocycles. The van der Waals surface area contributed by atoms with E-state index in [1.165, 1.54) is 10.9 Å². The molecule has 0 aliphatic rings. The highest BCUT2D eigenvalue weighted by Crippen LogP contribution is 2.23. The maximum absolute atomic E-state index is 9.47. The fourth-order valence-electron chi connectivity index (χ4n) is 1.90. The van der Waals surface area contributed by atoms with Crippen molar-refractivity contribution in [3.8, 4) is 11.8 Å². The van der Waals surface area contributed by atoms with Gasteiger partial charge < -0.3 is 19.1 Å². The third-order valence-electron chi connectivity index (χ3n) is 2.72. The first-order valence-electron chi connectivity index (χ1n) is 6.23. The molecule has 0 fully saturated rings. The first-order valence-corrected chi connectivity index (χ1v) is 8.75. The second-order valence-electron chi connectivity index (χ2n) is 4.19. The number of imidazole rings is 1. The Morgan fingerprint density at radius 1 is 1.28 bits per heavy atom. The molecular weight excluding hydrogens is 252 g/mol. The number of hydrogen-bond acceptors (Lipinski definition) is 5. The lowest BCUT2D eigenvalue weighted by Crippen LogP contribution is -2.38. The van der Waals surface area contributed by atoms with E-state index in [2.05, 4.69) is 4.98 Å². The molecule has 2 N–H and O–H groups in total. The second-order valence-corrected chi connectivity index (χ2v) is 7.53. The van der Waals surface area contributed by atoms with E-state index < -0.39 is 8.56 Å². The van der Waals surface area contributed by atoms with Gasteiger partial charge in [-0.3, -0.25) is 4.57 Å². The van der Waals surface area contributed by atoms with Gasteiger partial charge in [-0.25, -0.2) is 0 Å². The van der Waals surface area contributed by atoms with Gasteiger partial charge in [0.05, 0.1) is 0 Å². The molecule has 0 spiro atoms. The van der Waals surface area contributed by atoms with Crippen LogP contribution in [0.3, 0.4) is 0 Å². The van der Waals surface area contributed by atoms with Crippen LogP contribution in [-0.2, 0) is 15.4 Å². The number of rotatable bonds is 8. The summed E-state index contributed by atoms with van der Waals surface area (Å²) in [6.07, 6.45) is 2.23. The Hall–Kier alpha value is -1.05. The van der Waals surface area contributed by atoms with Crippen molar-refractivity contribution in [3.05, 3.63) is 6.33 Å². The smallest absolute Gasteiger partial charge is 0.334 e. The minimum atomic E-state index is -2.09. The van der Waals surface area contributed by atoms with Crippen molar-refractivity contribution in [2.45, 2.75) is 39.4 Å². The summed E-state index contributed by atoms with van der Waals surface area (Å²) in [5, 5.41) is 18.6. The van der Waals surface area contributed by atoms with Crippen LogP contribution in [0.2, 0.25) is 12.6 Å². The van der Waals surface area contributed by atoms with Gasteiger partial charge in [-0.2, -0.15) is 4.98 Å². The van der Waals surface area contributed by atoms with E-state index in [4.69, 9.17) is 14.0 Å². The molecule has 0 saturated heterocycles. The maximum atomic E-state index is 9.47. The minimum Gasteiger partial charge on any atom is -0.491 e. The third-order valence-corrected chi connectivity index (χ3v) is 5.78. The van der Waals surface area contributed by atoms with Gasteiger partial charge in [0.1, 0.15) is 6.33 Å². The molecule has 6 nitrogen and oxygen atoms in total. The SMILES string of the molecule is CCO[Si](C)(CCCn1cnc(O)c1O)OCC. The topological polar surface area (TPSA) is 76.7 Å². The van der Waals surface area contributed by atoms with E-state index >= 15 is 0 Å². The summed E-state index contributed by atoms with van der Waals surface area (Å²) in [5.74, 6) is -0.518.